The number of para-hydroxylation sites is 2. The number of nitrogens with zero attached hydrogens (tertiary/aromatic N) is 4. The minimum absolute atomic E-state index is 0.449. The number of rotatable bonds is 6. The Morgan fingerprint density at radius 3 is 2.45 bits per heavy atom. The Morgan fingerprint density at radius 2 is 1.72 bits per heavy atom. The van der Waals surface area contributed by atoms with Gasteiger partial charge in [-0.25, -0.2) is 9.97 Å². The van der Waals surface area contributed by atoms with Gasteiger partial charge in [0.05, 0.1) is 30.8 Å². The molecule has 0 spiro atoms. The highest BCUT2D eigenvalue weighted by Gasteiger charge is 2.24. The van der Waals surface area contributed by atoms with E-state index in [-0.39, 0.29) is 0 Å². The third kappa shape index (κ3) is 3.16. The van der Waals surface area contributed by atoms with Crippen molar-refractivity contribution in [3.63, 3.8) is 0 Å². The Labute approximate surface area is 167 Å². The number of hydrogen-bond acceptors (Lipinski definition) is 7. The number of fused-ring (bicyclic) bond motifs is 2. The van der Waals surface area contributed by atoms with Crippen LogP contribution in [-0.4, -0.2) is 39.8 Å². The van der Waals surface area contributed by atoms with E-state index in [1.54, 1.807) is 14.2 Å². The van der Waals surface area contributed by atoms with Crippen LogP contribution in [0.2, 0.25) is 0 Å². The molecule has 0 aliphatic heterocycles. The summed E-state index contributed by atoms with van der Waals surface area (Å²) in [5.41, 5.74) is 2.72. The first-order valence-corrected chi connectivity index (χ1v) is 9.55. The first-order chi connectivity index (χ1) is 14.2. The van der Waals surface area contributed by atoms with E-state index in [9.17, 15) is 0 Å². The molecule has 0 amide bonds. The lowest BCUT2D eigenvalue weighted by Gasteiger charge is -2.14. The van der Waals surface area contributed by atoms with E-state index in [0.717, 1.165) is 40.6 Å². The summed E-state index contributed by atoms with van der Waals surface area (Å²) in [5, 5.41) is 7.67. The fraction of sp³-hybridized carbons (Fsp3) is 0.286. The van der Waals surface area contributed by atoms with Crippen LogP contribution in [0.4, 0.5) is 17.7 Å². The number of hydrogen-bond donors (Lipinski definition) is 2. The number of imidazole rings is 1. The zero-order valence-corrected chi connectivity index (χ0v) is 16.6. The van der Waals surface area contributed by atoms with Crippen LogP contribution in [0.25, 0.3) is 21.9 Å². The molecule has 5 rings (SSSR count). The van der Waals surface area contributed by atoms with Gasteiger partial charge in [0, 0.05) is 24.5 Å². The zero-order chi connectivity index (χ0) is 20.0. The van der Waals surface area contributed by atoms with Crippen LogP contribution in [0.5, 0.6) is 11.5 Å². The zero-order valence-electron chi connectivity index (χ0n) is 16.6. The van der Waals surface area contributed by atoms with Crippen LogP contribution < -0.4 is 20.1 Å². The topological polar surface area (TPSA) is 86.1 Å². The summed E-state index contributed by atoms with van der Waals surface area (Å²) in [6, 6.07) is 12.2. The van der Waals surface area contributed by atoms with Gasteiger partial charge in [0.15, 0.2) is 11.5 Å². The monoisotopic (exact) mass is 390 g/mol. The molecule has 0 bridgehead atoms. The maximum atomic E-state index is 5.46. The van der Waals surface area contributed by atoms with Crippen molar-refractivity contribution in [1.29, 1.82) is 0 Å². The molecule has 148 valence electrons. The van der Waals surface area contributed by atoms with Crippen molar-refractivity contribution in [2.75, 3.05) is 24.9 Å². The summed E-state index contributed by atoms with van der Waals surface area (Å²) >= 11 is 0. The molecule has 8 nitrogen and oxygen atoms in total. The van der Waals surface area contributed by atoms with E-state index < -0.39 is 0 Å². The van der Waals surface area contributed by atoms with Crippen LogP contribution >= 0.6 is 0 Å². The second-order valence-electron chi connectivity index (χ2n) is 7.15. The molecule has 1 aliphatic rings. The van der Waals surface area contributed by atoms with Gasteiger partial charge in [-0.2, -0.15) is 4.98 Å². The van der Waals surface area contributed by atoms with E-state index in [1.165, 1.54) is 0 Å². The number of aryl methyl sites for hydroxylation is 1. The average molecular weight is 390 g/mol. The van der Waals surface area contributed by atoms with E-state index in [1.807, 2.05) is 48.0 Å². The minimum Gasteiger partial charge on any atom is -0.493 e. The van der Waals surface area contributed by atoms with Crippen molar-refractivity contribution in [1.82, 2.24) is 19.5 Å². The number of aromatic nitrogens is 4. The van der Waals surface area contributed by atoms with Crippen molar-refractivity contribution >= 4 is 39.7 Å². The fourth-order valence-electron chi connectivity index (χ4n) is 3.40. The van der Waals surface area contributed by atoms with Gasteiger partial charge >= 0.3 is 0 Å². The molecule has 8 heteroatoms. The summed E-state index contributed by atoms with van der Waals surface area (Å²) in [6.07, 6.45) is 2.29. The normalized spacial score (nSPS) is 13.6. The number of nitrogens with one attached hydrogen (secondary N) is 2. The summed E-state index contributed by atoms with van der Waals surface area (Å²) < 4.78 is 12.9. The molecule has 0 atom stereocenters. The van der Waals surface area contributed by atoms with Gasteiger partial charge < -0.3 is 19.4 Å². The van der Waals surface area contributed by atoms with E-state index in [4.69, 9.17) is 19.4 Å². The van der Waals surface area contributed by atoms with Crippen molar-refractivity contribution in [3.05, 3.63) is 36.4 Å². The van der Waals surface area contributed by atoms with Gasteiger partial charge in [0.25, 0.3) is 0 Å². The van der Waals surface area contributed by atoms with Crippen LogP contribution in [0.1, 0.15) is 12.8 Å². The van der Waals surface area contributed by atoms with Gasteiger partial charge in [-0.15, -0.1) is 0 Å². The Bertz CT molecular complexity index is 1210. The molecular formula is C21H22N6O2. The van der Waals surface area contributed by atoms with Crippen LogP contribution in [0.3, 0.4) is 0 Å². The second kappa shape index (κ2) is 6.80. The number of benzene rings is 2. The van der Waals surface area contributed by atoms with Gasteiger partial charge in [-0.05, 0) is 31.0 Å². The predicted octanol–water partition coefficient (Wildman–Crippen LogP) is 3.85. The van der Waals surface area contributed by atoms with Gasteiger partial charge in [0.2, 0.25) is 11.9 Å². The Hall–Kier alpha value is -3.55. The van der Waals surface area contributed by atoms with Crippen LogP contribution in [0, 0.1) is 0 Å². The largest absolute Gasteiger partial charge is 0.493 e. The molecule has 1 saturated carbocycles. The molecule has 0 saturated heterocycles. The van der Waals surface area contributed by atoms with Crippen LogP contribution in [-0.2, 0) is 7.05 Å². The van der Waals surface area contributed by atoms with Crippen molar-refractivity contribution < 1.29 is 9.47 Å². The smallest absolute Gasteiger partial charge is 0.232 e. The molecule has 2 aromatic carbocycles. The van der Waals surface area contributed by atoms with E-state index >= 15 is 0 Å². The summed E-state index contributed by atoms with van der Waals surface area (Å²) in [5.74, 6) is 3.22. The summed E-state index contributed by atoms with van der Waals surface area (Å²) in [6.45, 7) is 0. The Kier molecular flexibility index (Phi) is 4.12. The molecule has 1 aliphatic carbocycles. The van der Waals surface area contributed by atoms with Crippen molar-refractivity contribution in [2.45, 2.75) is 18.9 Å². The van der Waals surface area contributed by atoms with Crippen molar-refractivity contribution in [2.24, 2.45) is 7.05 Å². The lowest BCUT2D eigenvalue weighted by Crippen LogP contribution is -2.08. The molecule has 0 radical (unpaired) electrons. The van der Waals surface area contributed by atoms with Gasteiger partial charge in [0.1, 0.15) is 5.82 Å². The van der Waals surface area contributed by atoms with Gasteiger partial charge in [-0.3, -0.25) is 5.32 Å². The lowest BCUT2D eigenvalue weighted by atomic mass is 10.2. The highest BCUT2D eigenvalue weighted by atomic mass is 16.5. The summed E-state index contributed by atoms with van der Waals surface area (Å²) in [7, 11) is 5.21. The highest BCUT2D eigenvalue weighted by Crippen LogP contribution is 2.36. The summed E-state index contributed by atoms with van der Waals surface area (Å²) in [4.78, 5) is 14.1. The number of ether oxygens (including phenoxy) is 2. The molecule has 1 fully saturated rings. The van der Waals surface area contributed by atoms with E-state index in [2.05, 4.69) is 15.6 Å². The fourth-order valence-corrected chi connectivity index (χ4v) is 3.40. The molecule has 2 heterocycles. The molecule has 29 heavy (non-hydrogen) atoms. The minimum atomic E-state index is 0.449. The Balaban J connectivity index is 1.61. The van der Waals surface area contributed by atoms with Crippen molar-refractivity contribution in [3.8, 4) is 11.5 Å². The predicted molar refractivity (Wildman–Crippen MR) is 113 cm³/mol. The maximum absolute atomic E-state index is 5.46. The first-order valence-electron chi connectivity index (χ1n) is 9.55. The third-order valence-electron chi connectivity index (χ3n) is 5.13. The molecule has 0 unspecified atom stereocenters. The first kappa shape index (κ1) is 17.5. The molecule has 4 aromatic rings. The van der Waals surface area contributed by atoms with E-state index in [0.29, 0.717) is 29.4 Å². The van der Waals surface area contributed by atoms with Crippen LogP contribution in [0.15, 0.2) is 36.4 Å². The highest BCUT2D eigenvalue weighted by molar-refractivity contribution is 5.93. The lowest BCUT2D eigenvalue weighted by molar-refractivity contribution is 0.356. The molecular weight excluding hydrogens is 368 g/mol. The average Bonchev–Trinajstić information content (AvgIpc) is 3.50. The quantitative estimate of drug-likeness (QED) is 0.517. The maximum Gasteiger partial charge on any atom is 0.232 e. The second-order valence-corrected chi connectivity index (χ2v) is 7.15. The SMILES string of the molecule is COc1cc2nc(Nc3nc4ccccc4n3C)nc(NC3CC3)c2cc1OC. The molecule has 2 N–H and O–H groups in total. The third-order valence-corrected chi connectivity index (χ3v) is 5.13. The Morgan fingerprint density at radius 1 is 0.966 bits per heavy atom. The molecule has 2 aromatic heterocycles. The number of anilines is 3. The van der Waals surface area contributed by atoms with Gasteiger partial charge in [-0.1, -0.05) is 12.1 Å². The number of methoxy groups -OCH3 is 2. The standard InChI is InChI=1S/C21H22N6O2/c1-27-16-7-5-4-6-14(16)24-21(27)26-20-23-15-11-18(29-3)17(28-2)10-13(15)19(25-20)22-12-8-9-12/h4-7,10-12H,8-9H2,1-3H3,(H2,22,23,24,25,26).